The molecule has 2 fully saturated rings. The van der Waals surface area contributed by atoms with Crippen LogP contribution in [0.5, 0.6) is 0 Å². The Kier molecular flexibility index (Phi) is 2.93. The van der Waals surface area contributed by atoms with Crippen molar-refractivity contribution in [1.82, 2.24) is 9.97 Å². The second-order valence-corrected chi connectivity index (χ2v) is 4.68. The van der Waals surface area contributed by atoms with Crippen LogP contribution in [0.15, 0.2) is 18.6 Å². The van der Waals surface area contributed by atoms with Crippen LogP contribution in [0.2, 0.25) is 0 Å². The van der Waals surface area contributed by atoms with E-state index in [0.29, 0.717) is 12.6 Å². The number of anilines is 1. The van der Waals surface area contributed by atoms with Gasteiger partial charge in [-0.2, -0.15) is 0 Å². The van der Waals surface area contributed by atoms with Crippen molar-refractivity contribution in [2.24, 2.45) is 0 Å². The molecule has 0 spiro atoms. The number of halogens is 1. The third-order valence-electron chi connectivity index (χ3n) is 3.62. The predicted molar refractivity (Wildman–Crippen MR) is 61.7 cm³/mol. The first-order chi connectivity index (χ1) is 8.36. The van der Waals surface area contributed by atoms with Crippen molar-refractivity contribution in [2.75, 3.05) is 18.1 Å². The van der Waals surface area contributed by atoms with Gasteiger partial charge in [-0.3, -0.25) is 4.98 Å². The molecule has 5 heteroatoms. The summed E-state index contributed by atoms with van der Waals surface area (Å²) in [5.41, 5.74) is 0. The number of nitrogens with zero attached hydrogens (tertiary/aromatic N) is 3. The largest absolute Gasteiger partial charge is 0.376 e. The number of hydrogen-bond donors (Lipinski definition) is 0. The molecule has 1 saturated heterocycles. The van der Waals surface area contributed by atoms with E-state index in [1.807, 2.05) is 0 Å². The van der Waals surface area contributed by atoms with E-state index in [1.165, 1.54) is 6.42 Å². The number of ether oxygens (including phenoxy) is 1. The van der Waals surface area contributed by atoms with Gasteiger partial charge in [-0.1, -0.05) is 0 Å². The van der Waals surface area contributed by atoms with E-state index in [9.17, 15) is 4.39 Å². The maximum atomic E-state index is 13.8. The van der Waals surface area contributed by atoms with Crippen LogP contribution in [0, 0.1) is 0 Å². The van der Waals surface area contributed by atoms with Gasteiger partial charge >= 0.3 is 0 Å². The van der Waals surface area contributed by atoms with Crippen LogP contribution < -0.4 is 4.90 Å². The zero-order valence-electron chi connectivity index (χ0n) is 9.63. The molecule has 3 rings (SSSR count). The number of hydrogen-bond acceptors (Lipinski definition) is 4. The SMILES string of the molecule is FC1COCC1N(c1cnccn1)C1CCC1. The normalized spacial score (nSPS) is 29.0. The standard InChI is InChI=1S/C12H16FN3O/c13-10-7-17-8-11(10)16(9-2-1-3-9)12-6-14-4-5-15-12/h4-6,9-11H,1-3,7-8H2. The Morgan fingerprint density at radius 3 is 2.71 bits per heavy atom. The van der Waals surface area contributed by atoms with E-state index in [0.717, 1.165) is 18.7 Å². The summed E-state index contributed by atoms with van der Waals surface area (Å²) in [5, 5.41) is 0. The minimum absolute atomic E-state index is 0.197. The summed E-state index contributed by atoms with van der Waals surface area (Å²) in [5.74, 6) is 0.773. The number of aromatic nitrogens is 2. The van der Waals surface area contributed by atoms with E-state index in [2.05, 4.69) is 14.9 Å². The molecule has 0 bridgehead atoms. The van der Waals surface area contributed by atoms with Gasteiger partial charge < -0.3 is 9.64 Å². The lowest BCUT2D eigenvalue weighted by Gasteiger charge is -2.42. The lowest BCUT2D eigenvalue weighted by Crippen LogP contribution is -2.51. The third kappa shape index (κ3) is 1.99. The number of rotatable bonds is 3. The number of alkyl halides is 1. The van der Waals surface area contributed by atoms with Gasteiger partial charge in [0.2, 0.25) is 0 Å². The van der Waals surface area contributed by atoms with Gasteiger partial charge in [-0.15, -0.1) is 0 Å². The molecular weight excluding hydrogens is 221 g/mol. The van der Waals surface area contributed by atoms with Crippen LogP contribution in [0.3, 0.4) is 0 Å². The van der Waals surface area contributed by atoms with Crippen molar-refractivity contribution >= 4 is 5.82 Å². The summed E-state index contributed by atoms with van der Waals surface area (Å²) in [6.07, 6.45) is 7.53. The minimum Gasteiger partial charge on any atom is -0.376 e. The van der Waals surface area contributed by atoms with Crippen LogP contribution in [0.1, 0.15) is 19.3 Å². The summed E-state index contributed by atoms with van der Waals surface area (Å²) >= 11 is 0. The Morgan fingerprint density at radius 1 is 1.29 bits per heavy atom. The smallest absolute Gasteiger partial charge is 0.147 e. The Morgan fingerprint density at radius 2 is 2.18 bits per heavy atom. The molecule has 2 unspecified atom stereocenters. The van der Waals surface area contributed by atoms with Crippen molar-refractivity contribution in [2.45, 2.75) is 37.5 Å². The molecule has 0 radical (unpaired) electrons. The van der Waals surface area contributed by atoms with Gasteiger partial charge in [0.05, 0.1) is 25.5 Å². The zero-order chi connectivity index (χ0) is 11.7. The quantitative estimate of drug-likeness (QED) is 0.800. The van der Waals surface area contributed by atoms with Crippen LogP contribution in [-0.2, 0) is 4.74 Å². The first-order valence-corrected chi connectivity index (χ1v) is 6.12. The van der Waals surface area contributed by atoms with Crippen molar-refractivity contribution < 1.29 is 9.13 Å². The molecule has 1 saturated carbocycles. The summed E-state index contributed by atoms with van der Waals surface area (Å²) in [7, 11) is 0. The average Bonchev–Trinajstić information content (AvgIpc) is 2.71. The van der Waals surface area contributed by atoms with Crippen LogP contribution in [0.4, 0.5) is 10.2 Å². The average molecular weight is 237 g/mol. The summed E-state index contributed by atoms with van der Waals surface area (Å²) in [4.78, 5) is 10.5. The molecule has 1 aliphatic heterocycles. The fourth-order valence-corrected chi connectivity index (χ4v) is 2.49. The molecule has 4 nitrogen and oxygen atoms in total. The molecule has 2 heterocycles. The molecule has 2 aliphatic rings. The molecule has 1 aliphatic carbocycles. The fraction of sp³-hybridized carbons (Fsp3) is 0.667. The highest BCUT2D eigenvalue weighted by molar-refractivity contribution is 5.40. The Bertz CT molecular complexity index is 371. The Labute approximate surface area is 99.8 Å². The topological polar surface area (TPSA) is 38.2 Å². The summed E-state index contributed by atoms with van der Waals surface area (Å²) in [6, 6.07) is 0.202. The van der Waals surface area contributed by atoms with Crippen molar-refractivity contribution in [1.29, 1.82) is 0 Å². The third-order valence-corrected chi connectivity index (χ3v) is 3.62. The molecule has 92 valence electrons. The van der Waals surface area contributed by atoms with E-state index in [4.69, 9.17) is 4.74 Å². The van der Waals surface area contributed by atoms with Gasteiger partial charge in [-0.25, -0.2) is 9.37 Å². The second-order valence-electron chi connectivity index (χ2n) is 4.68. The van der Waals surface area contributed by atoms with Crippen molar-refractivity contribution in [3.63, 3.8) is 0 Å². The highest BCUT2D eigenvalue weighted by atomic mass is 19.1. The van der Waals surface area contributed by atoms with Gasteiger partial charge in [0, 0.05) is 18.4 Å². The minimum atomic E-state index is -0.919. The van der Waals surface area contributed by atoms with Gasteiger partial charge in [-0.05, 0) is 19.3 Å². The molecule has 2 atom stereocenters. The van der Waals surface area contributed by atoms with E-state index in [-0.39, 0.29) is 12.6 Å². The zero-order valence-corrected chi connectivity index (χ0v) is 9.63. The van der Waals surface area contributed by atoms with Crippen LogP contribution >= 0.6 is 0 Å². The first-order valence-electron chi connectivity index (χ1n) is 6.12. The van der Waals surface area contributed by atoms with Crippen molar-refractivity contribution in [3.05, 3.63) is 18.6 Å². The van der Waals surface area contributed by atoms with E-state index < -0.39 is 6.17 Å². The monoisotopic (exact) mass is 237 g/mol. The maximum absolute atomic E-state index is 13.8. The molecule has 0 aromatic carbocycles. The lowest BCUT2D eigenvalue weighted by atomic mass is 9.90. The summed E-state index contributed by atoms with van der Waals surface area (Å²) in [6.45, 7) is 0.655. The van der Waals surface area contributed by atoms with Gasteiger partial charge in [0.15, 0.2) is 0 Å². The van der Waals surface area contributed by atoms with Crippen LogP contribution in [-0.4, -0.2) is 41.4 Å². The van der Waals surface area contributed by atoms with Crippen molar-refractivity contribution in [3.8, 4) is 0 Å². The first kappa shape index (κ1) is 10.9. The summed E-state index contributed by atoms with van der Waals surface area (Å²) < 4.78 is 19.1. The molecule has 1 aromatic rings. The predicted octanol–water partition coefficient (Wildman–Crippen LogP) is 1.57. The second kappa shape index (κ2) is 4.56. The Balaban J connectivity index is 1.86. The van der Waals surface area contributed by atoms with E-state index in [1.54, 1.807) is 18.6 Å². The van der Waals surface area contributed by atoms with Gasteiger partial charge in [0.25, 0.3) is 0 Å². The fourth-order valence-electron chi connectivity index (χ4n) is 2.49. The Hall–Kier alpha value is -1.23. The van der Waals surface area contributed by atoms with Gasteiger partial charge in [0.1, 0.15) is 12.0 Å². The highest BCUT2D eigenvalue weighted by Crippen LogP contribution is 2.32. The molecule has 17 heavy (non-hydrogen) atoms. The molecule has 0 N–H and O–H groups in total. The van der Waals surface area contributed by atoms with E-state index >= 15 is 0 Å². The lowest BCUT2D eigenvalue weighted by molar-refractivity contribution is 0.172. The maximum Gasteiger partial charge on any atom is 0.147 e. The molecule has 1 aromatic heterocycles. The molecule has 0 amide bonds. The highest BCUT2D eigenvalue weighted by Gasteiger charge is 2.39. The van der Waals surface area contributed by atoms with Crippen LogP contribution in [0.25, 0.3) is 0 Å². The molecular formula is C12H16FN3O.